The van der Waals surface area contributed by atoms with Crippen molar-refractivity contribution in [1.29, 1.82) is 0 Å². The van der Waals surface area contributed by atoms with E-state index in [0.717, 1.165) is 0 Å². The Bertz CT molecular complexity index is 1100. The first-order valence-electron chi connectivity index (χ1n) is 14.4. The van der Waals surface area contributed by atoms with Gasteiger partial charge in [-0.25, -0.2) is 19.2 Å². The Morgan fingerprint density at radius 1 is 0.628 bits per heavy atom. The maximum atomic E-state index is 12.8. The standard InChI is InChI=1S/C29H44N4O10/c1-6-12-40-24(34)17-22(26(36)42-14-8-3)32-28(38)30-20-11-10-19(5)21(16-20)31-29(39)33-23(27(37)43-15-9-4)18-25(35)41-13-7-2/h10-11,16,22-23H,6-9,12-15,17-18H2,1-5H3,(H2,30,32,38)(H2,31,33,39). The van der Waals surface area contributed by atoms with Crippen LogP contribution in [0.2, 0.25) is 0 Å². The van der Waals surface area contributed by atoms with Gasteiger partial charge in [0.1, 0.15) is 12.1 Å². The maximum Gasteiger partial charge on any atom is 0.329 e. The molecule has 0 aromatic heterocycles. The minimum atomic E-state index is -1.28. The van der Waals surface area contributed by atoms with Crippen LogP contribution in [0.5, 0.6) is 0 Å². The number of amides is 4. The molecule has 4 N–H and O–H groups in total. The lowest BCUT2D eigenvalue weighted by Crippen LogP contribution is -2.45. The summed E-state index contributed by atoms with van der Waals surface area (Å²) < 4.78 is 20.3. The highest BCUT2D eigenvalue weighted by Crippen LogP contribution is 2.20. The van der Waals surface area contributed by atoms with Gasteiger partial charge >= 0.3 is 35.9 Å². The molecule has 2 unspecified atom stereocenters. The topological polar surface area (TPSA) is 187 Å². The summed E-state index contributed by atoms with van der Waals surface area (Å²) in [6.07, 6.45) is 1.49. The molecule has 4 amide bonds. The third kappa shape index (κ3) is 14.9. The average molecular weight is 609 g/mol. The van der Waals surface area contributed by atoms with Crippen molar-refractivity contribution in [2.75, 3.05) is 37.1 Å². The summed E-state index contributed by atoms with van der Waals surface area (Å²) in [5.41, 5.74) is 1.15. The second kappa shape index (κ2) is 20.5. The van der Waals surface area contributed by atoms with Crippen molar-refractivity contribution in [2.45, 2.75) is 85.2 Å². The summed E-state index contributed by atoms with van der Waals surface area (Å²) in [6.45, 7) is 9.56. The van der Waals surface area contributed by atoms with Gasteiger partial charge in [-0.1, -0.05) is 33.8 Å². The molecule has 0 saturated carbocycles. The van der Waals surface area contributed by atoms with Crippen molar-refractivity contribution in [3.63, 3.8) is 0 Å². The molecule has 0 aliphatic heterocycles. The van der Waals surface area contributed by atoms with Crippen molar-refractivity contribution in [3.05, 3.63) is 23.8 Å². The Labute approximate surface area is 251 Å². The number of hydrogen-bond donors (Lipinski definition) is 4. The van der Waals surface area contributed by atoms with E-state index in [1.165, 1.54) is 6.07 Å². The van der Waals surface area contributed by atoms with E-state index in [0.29, 0.717) is 31.2 Å². The molecule has 0 aliphatic carbocycles. The number of benzene rings is 1. The zero-order chi connectivity index (χ0) is 32.2. The van der Waals surface area contributed by atoms with E-state index in [-0.39, 0.29) is 37.8 Å². The van der Waals surface area contributed by atoms with E-state index in [4.69, 9.17) is 18.9 Å². The van der Waals surface area contributed by atoms with Gasteiger partial charge < -0.3 is 40.2 Å². The number of carbonyl (C=O) groups excluding carboxylic acids is 6. The van der Waals surface area contributed by atoms with E-state index >= 15 is 0 Å². The highest BCUT2D eigenvalue weighted by molar-refractivity contribution is 5.97. The smallest absolute Gasteiger partial charge is 0.329 e. The van der Waals surface area contributed by atoms with Crippen LogP contribution in [0.15, 0.2) is 18.2 Å². The Morgan fingerprint density at radius 2 is 1.05 bits per heavy atom. The van der Waals surface area contributed by atoms with Crippen LogP contribution in [0, 0.1) is 6.92 Å². The fourth-order valence-corrected chi connectivity index (χ4v) is 3.35. The molecule has 0 spiro atoms. The minimum Gasteiger partial charge on any atom is -0.466 e. The van der Waals surface area contributed by atoms with Crippen LogP contribution in [0.4, 0.5) is 21.0 Å². The van der Waals surface area contributed by atoms with Crippen molar-refractivity contribution < 1.29 is 47.7 Å². The quantitative estimate of drug-likeness (QED) is 0.142. The lowest BCUT2D eigenvalue weighted by atomic mass is 10.1. The molecule has 43 heavy (non-hydrogen) atoms. The van der Waals surface area contributed by atoms with Crippen LogP contribution in [-0.4, -0.2) is 74.5 Å². The molecule has 0 aliphatic rings. The number of rotatable bonds is 18. The van der Waals surface area contributed by atoms with E-state index in [1.807, 2.05) is 20.8 Å². The predicted molar refractivity (Wildman–Crippen MR) is 157 cm³/mol. The van der Waals surface area contributed by atoms with Crippen LogP contribution in [0.25, 0.3) is 0 Å². The molecule has 2 atom stereocenters. The average Bonchev–Trinajstić information content (AvgIpc) is 2.97. The summed E-state index contributed by atoms with van der Waals surface area (Å²) in [5, 5.41) is 10.0. The van der Waals surface area contributed by atoms with Gasteiger partial charge in [-0.15, -0.1) is 0 Å². The van der Waals surface area contributed by atoms with Gasteiger partial charge in [0.25, 0.3) is 0 Å². The summed E-state index contributed by atoms with van der Waals surface area (Å²) in [5.74, 6) is -2.88. The number of aryl methyl sites for hydroxylation is 1. The molecular formula is C29H44N4O10. The molecule has 0 fully saturated rings. The molecule has 0 saturated heterocycles. The van der Waals surface area contributed by atoms with Crippen molar-refractivity contribution in [2.24, 2.45) is 0 Å². The molecule has 14 heteroatoms. The van der Waals surface area contributed by atoms with Gasteiger partial charge in [0.15, 0.2) is 0 Å². The van der Waals surface area contributed by atoms with Crippen LogP contribution in [-0.2, 0) is 38.1 Å². The predicted octanol–water partition coefficient (Wildman–Crippen LogP) is 3.57. The van der Waals surface area contributed by atoms with Crippen LogP contribution >= 0.6 is 0 Å². The summed E-state index contributed by atoms with van der Waals surface area (Å²) in [7, 11) is 0. The highest BCUT2D eigenvalue weighted by atomic mass is 16.5. The first kappa shape index (κ1) is 36.7. The summed E-state index contributed by atoms with van der Waals surface area (Å²) in [6, 6.07) is 0.479. The molecule has 1 aromatic rings. The molecule has 1 aromatic carbocycles. The largest absolute Gasteiger partial charge is 0.466 e. The number of anilines is 2. The fourth-order valence-electron chi connectivity index (χ4n) is 3.35. The van der Waals surface area contributed by atoms with E-state index in [1.54, 1.807) is 26.0 Å². The SMILES string of the molecule is CCCOC(=O)CC(NC(=O)Nc1ccc(C)c(NC(=O)NC(CC(=O)OCCC)C(=O)OCCC)c1)C(=O)OCCC. The lowest BCUT2D eigenvalue weighted by molar-refractivity contribution is -0.152. The van der Waals surface area contributed by atoms with Gasteiger partial charge in [0.05, 0.1) is 39.3 Å². The number of ether oxygens (including phenoxy) is 4. The third-order valence-electron chi connectivity index (χ3n) is 5.50. The van der Waals surface area contributed by atoms with Crippen molar-refractivity contribution in [1.82, 2.24) is 10.6 Å². The molecule has 1 rings (SSSR count). The van der Waals surface area contributed by atoms with Crippen LogP contribution < -0.4 is 21.3 Å². The second-order valence-electron chi connectivity index (χ2n) is 9.52. The maximum absolute atomic E-state index is 12.8. The normalized spacial score (nSPS) is 11.7. The number of hydrogen-bond acceptors (Lipinski definition) is 10. The number of urea groups is 2. The summed E-state index contributed by atoms with van der Waals surface area (Å²) in [4.78, 5) is 74.6. The Morgan fingerprint density at radius 3 is 1.49 bits per heavy atom. The Kier molecular flexibility index (Phi) is 17.5. The zero-order valence-corrected chi connectivity index (χ0v) is 25.5. The molecule has 240 valence electrons. The zero-order valence-electron chi connectivity index (χ0n) is 25.5. The molecule has 0 radical (unpaired) electrons. The highest BCUT2D eigenvalue weighted by Gasteiger charge is 2.28. The molecule has 0 bridgehead atoms. The minimum absolute atomic E-state index is 0.120. The lowest BCUT2D eigenvalue weighted by Gasteiger charge is -2.19. The first-order chi connectivity index (χ1) is 20.5. The molecule has 0 heterocycles. The van der Waals surface area contributed by atoms with Gasteiger partial charge in [-0.05, 0) is 50.3 Å². The second-order valence-corrected chi connectivity index (χ2v) is 9.52. The number of carbonyl (C=O) groups is 6. The van der Waals surface area contributed by atoms with Gasteiger partial charge in [-0.3, -0.25) is 9.59 Å². The van der Waals surface area contributed by atoms with E-state index in [2.05, 4.69) is 21.3 Å². The Hall–Kier alpha value is -4.36. The van der Waals surface area contributed by atoms with E-state index < -0.39 is 60.9 Å². The van der Waals surface area contributed by atoms with Gasteiger partial charge in [-0.2, -0.15) is 0 Å². The molecular weight excluding hydrogens is 564 g/mol. The van der Waals surface area contributed by atoms with Gasteiger partial charge in [0.2, 0.25) is 0 Å². The van der Waals surface area contributed by atoms with Crippen LogP contribution in [0.3, 0.4) is 0 Å². The first-order valence-corrected chi connectivity index (χ1v) is 14.4. The van der Waals surface area contributed by atoms with Crippen molar-refractivity contribution in [3.8, 4) is 0 Å². The monoisotopic (exact) mass is 608 g/mol. The number of esters is 4. The Balaban J connectivity index is 2.94. The molecule has 14 nitrogen and oxygen atoms in total. The van der Waals surface area contributed by atoms with E-state index in [9.17, 15) is 28.8 Å². The number of nitrogens with one attached hydrogen (secondary N) is 4. The third-order valence-corrected chi connectivity index (χ3v) is 5.50. The summed E-state index contributed by atoms with van der Waals surface area (Å²) >= 11 is 0. The van der Waals surface area contributed by atoms with Gasteiger partial charge in [0, 0.05) is 11.4 Å². The fraction of sp³-hybridized carbons (Fsp3) is 0.586. The van der Waals surface area contributed by atoms with Crippen molar-refractivity contribution >= 4 is 47.3 Å². The van der Waals surface area contributed by atoms with Crippen LogP contribution in [0.1, 0.15) is 71.8 Å².